The third-order valence-electron chi connectivity index (χ3n) is 3.26. The van der Waals surface area contributed by atoms with E-state index >= 15 is 0 Å². The van der Waals surface area contributed by atoms with Crippen LogP contribution < -0.4 is 10.1 Å². The number of carbonyl (C=O) groups is 1. The maximum atomic E-state index is 11.9. The van der Waals surface area contributed by atoms with E-state index in [0.717, 1.165) is 17.3 Å². The first kappa shape index (κ1) is 16.0. The average molecular weight is 357 g/mol. The monoisotopic (exact) mass is 356 g/mol. The first-order valence-electron chi connectivity index (χ1n) is 7.21. The van der Waals surface area contributed by atoms with Crippen LogP contribution in [0.25, 0.3) is 0 Å². The number of ether oxygens (including phenoxy) is 1. The van der Waals surface area contributed by atoms with Gasteiger partial charge in [-0.2, -0.15) is 0 Å². The smallest absolute Gasteiger partial charge is 0.317 e. The molecule has 0 saturated carbocycles. The molecule has 0 radical (unpaired) electrons. The van der Waals surface area contributed by atoms with E-state index < -0.39 is 0 Å². The van der Waals surface area contributed by atoms with Crippen LogP contribution in [0.4, 0.5) is 4.79 Å². The van der Waals surface area contributed by atoms with Crippen LogP contribution in [0.2, 0.25) is 0 Å². The lowest BCUT2D eigenvalue weighted by Gasteiger charge is -2.31. The number of halogens is 1. The van der Waals surface area contributed by atoms with Crippen molar-refractivity contribution >= 4 is 22.0 Å². The molecule has 0 bridgehead atoms. The van der Waals surface area contributed by atoms with Crippen molar-refractivity contribution < 1.29 is 9.53 Å². The van der Waals surface area contributed by atoms with Crippen LogP contribution in [0.15, 0.2) is 16.9 Å². The molecule has 2 rings (SSSR count). The molecule has 1 saturated heterocycles. The fourth-order valence-corrected chi connectivity index (χ4v) is 2.30. The third-order valence-corrected chi connectivity index (χ3v) is 3.67. The molecule has 0 atom stereocenters. The largest absolute Gasteiger partial charge is 0.460 e. The van der Waals surface area contributed by atoms with E-state index in [1.165, 1.54) is 0 Å². The molecule has 0 spiro atoms. The molecule has 1 aromatic rings. The molecule has 6 nitrogen and oxygen atoms in total. The summed E-state index contributed by atoms with van der Waals surface area (Å²) in [6, 6.07) is 0.406. The summed E-state index contributed by atoms with van der Waals surface area (Å²) in [5, 5.41) is 2.94. The molecule has 2 amide bonds. The summed E-state index contributed by atoms with van der Waals surface area (Å²) >= 11 is 3.29. The number of amides is 2. The first-order chi connectivity index (χ1) is 10.0. The molecule has 0 aliphatic carbocycles. The van der Waals surface area contributed by atoms with Gasteiger partial charge in [-0.15, -0.1) is 0 Å². The summed E-state index contributed by atoms with van der Waals surface area (Å²) < 4.78 is 6.56. The van der Waals surface area contributed by atoms with Crippen molar-refractivity contribution in [2.24, 2.45) is 5.92 Å². The molecule has 1 aliphatic rings. The Hall–Kier alpha value is -1.37. The van der Waals surface area contributed by atoms with Gasteiger partial charge in [-0.05, 0) is 21.8 Å². The maximum Gasteiger partial charge on any atom is 0.317 e. The minimum Gasteiger partial charge on any atom is -0.460 e. The Balaban J connectivity index is 1.75. The summed E-state index contributed by atoms with van der Waals surface area (Å²) in [6.07, 6.45) is 5.00. The van der Waals surface area contributed by atoms with Gasteiger partial charge < -0.3 is 15.0 Å². The van der Waals surface area contributed by atoms with Crippen LogP contribution in [0, 0.1) is 5.92 Å². The Morgan fingerprint density at radius 2 is 2.05 bits per heavy atom. The van der Waals surface area contributed by atoms with E-state index in [1.54, 1.807) is 12.4 Å². The fourth-order valence-electron chi connectivity index (χ4n) is 2.09. The van der Waals surface area contributed by atoms with Crippen LogP contribution in [-0.2, 0) is 0 Å². The highest BCUT2D eigenvalue weighted by Crippen LogP contribution is 2.16. The number of urea groups is 1. The topological polar surface area (TPSA) is 67.4 Å². The normalized spacial score (nSPS) is 16.1. The van der Waals surface area contributed by atoms with Crippen molar-refractivity contribution in [1.82, 2.24) is 20.2 Å². The van der Waals surface area contributed by atoms with Gasteiger partial charge in [0, 0.05) is 44.9 Å². The number of nitrogens with one attached hydrogen (secondary N) is 1. The van der Waals surface area contributed by atoms with Gasteiger partial charge >= 0.3 is 12.0 Å². The standard InChI is InChI=1S/C14H21BrN4O2/c1-10(2)7-18-14(20)19-5-3-12(4-6-19)21-13-16-8-11(15)9-17-13/h8-10,12H,3-7H2,1-2H3,(H,18,20). The van der Waals surface area contributed by atoms with Crippen LogP contribution in [-0.4, -0.2) is 46.6 Å². The summed E-state index contributed by atoms with van der Waals surface area (Å²) in [5.74, 6) is 0.462. The Morgan fingerprint density at radius 3 is 2.62 bits per heavy atom. The molecular weight excluding hydrogens is 336 g/mol. The van der Waals surface area contributed by atoms with Crippen molar-refractivity contribution in [3.8, 4) is 6.01 Å². The number of hydrogen-bond donors (Lipinski definition) is 1. The van der Waals surface area contributed by atoms with E-state index in [1.807, 2.05) is 4.90 Å². The Labute approximate surface area is 133 Å². The fraction of sp³-hybridized carbons (Fsp3) is 0.643. The summed E-state index contributed by atoms with van der Waals surface area (Å²) in [5.41, 5.74) is 0. The van der Waals surface area contributed by atoms with Gasteiger partial charge in [-0.3, -0.25) is 0 Å². The number of hydrogen-bond acceptors (Lipinski definition) is 4. The second-order valence-electron chi connectivity index (χ2n) is 5.57. The Kier molecular flexibility index (Phi) is 5.78. The van der Waals surface area contributed by atoms with Gasteiger partial charge in [0.05, 0.1) is 4.47 Å². The first-order valence-corrected chi connectivity index (χ1v) is 8.01. The molecule has 116 valence electrons. The summed E-state index contributed by atoms with van der Waals surface area (Å²) in [7, 11) is 0. The lowest BCUT2D eigenvalue weighted by Crippen LogP contribution is -2.47. The van der Waals surface area contributed by atoms with E-state index in [2.05, 4.69) is 45.1 Å². The molecule has 1 fully saturated rings. The van der Waals surface area contributed by atoms with Crippen LogP contribution in [0.1, 0.15) is 26.7 Å². The van der Waals surface area contributed by atoms with Crippen LogP contribution in [0.3, 0.4) is 0 Å². The zero-order valence-electron chi connectivity index (χ0n) is 12.4. The Morgan fingerprint density at radius 1 is 1.43 bits per heavy atom. The van der Waals surface area contributed by atoms with Gasteiger partial charge in [0.25, 0.3) is 0 Å². The number of carbonyl (C=O) groups excluding carboxylic acids is 1. The number of likely N-dealkylation sites (tertiary alicyclic amines) is 1. The third kappa shape index (κ3) is 5.15. The molecule has 1 N–H and O–H groups in total. The average Bonchev–Trinajstić information content (AvgIpc) is 2.48. The molecular formula is C14H21BrN4O2. The van der Waals surface area contributed by atoms with Crippen molar-refractivity contribution in [3.63, 3.8) is 0 Å². The molecule has 0 aromatic carbocycles. The van der Waals surface area contributed by atoms with Gasteiger partial charge in [-0.25, -0.2) is 14.8 Å². The number of aromatic nitrogens is 2. The lowest BCUT2D eigenvalue weighted by atomic mass is 10.1. The molecule has 21 heavy (non-hydrogen) atoms. The molecule has 1 aromatic heterocycles. The summed E-state index contributed by atoms with van der Waals surface area (Å²) in [6.45, 7) is 6.27. The van der Waals surface area contributed by atoms with Crippen LogP contribution >= 0.6 is 15.9 Å². The predicted molar refractivity (Wildman–Crippen MR) is 83.2 cm³/mol. The molecule has 2 heterocycles. The minimum atomic E-state index is 0.0158. The number of rotatable bonds is 4. The second-order valence-corrected chi connectivity index (χ2v) is 6.48. The van der Waals surface area contributed by atoms with E-state index in [9.17, 15) is 4.79 Å². The lowest BCUT2D eigenvalue weighted by molar-refractivity contribution is 0.103. The van der Waals surface area contributed by atoms with Crippen LogP contribution in [0.5, 0.6) is 6.01 Å². The van der Waals surface area contributed by atoms with Crippen molar-refractivity contribution in [2.45, 2.75) is 32.8 Å². The highest BCUT2D eigenvalue weighted by molar-refractivity contribution is 9.10. The van der Waals surface area contributed by atoms with Crippen molar-refractivity contribution in [1.29, 1.82) is 0 Å². The molecule has 1 aliphatic heterocycles. The van der Waals surface area contributed by atoms with Gasteiger partial charge in [-0.1, -0.05) is 13.8 Å². The van der Waals surface area contributed by atoms with E-state index in [4.69, 9.17) is 4.74 Å². The predicted octanol–water partition coefficient (Wildman–Crippen LogP) is 2.45. The van der Waals surface area contributed by atoms with E-state index in [0.29, 0.717) is 31.6 Å². The second kappa shape index (κ2) is 7.59. The highest BCUT2D eigenvalue weighted by Gasteiger charge is 2.24. The van der Waals surface area contributed by atoms with Crippen molar-refractivity contribution in [2.75, 3.05) is 19.6 Å². The zero-order valence-corrected chi connectivity index (χ0v) is 14.0. The maximum absolute atomic E-state index is 11.9. The van der Waals surface area contributed by atoms with E-state index in [-0.39, 0.29) is 12.1 Å². The highest BCUT2D eigenvalue weighted by atomic mass is 79.9. The van der Waals surface area contributed by atoms with Crippen molar-refractivity contribution in [3.05, 3.63) is 16.9 Å². The Bertz CT molecular complexity index is 459. The van der Waals surface area contributed by atoms with Gasteiger partial charge in [0.1, 0.15) is 6.10 Å². The molecule has 0 unspecified atom stereocenters. The number of piperidine rings is 1. The van der Waals surface area contributed by atoms with Gasteiger partial charge in [0.2, 0.25) is 0 Å². The number of nitrogens with zero attached hydrogens (tertiary/aromatic N) is 3. The zero-order chi connectivity index (χ0) is 15.2. The van der Waals surface area contributed by atoms with Gasteiger partial charge in [0.15, 0.2) is 0 Å². The summed E-state index contributed by atoms with van der Waals surface area (Å²) in [4.78, 5) is 22.0. The SMILES string of the molecule is CC(C)CNC(=O)N1CCC(Oc2ncc(Br)cn2)CC1. The minimum absolute atomic E-state index is 0.0158. The molecule has 7 heteroatoms. The quantitative estimate of drug-likeness (QED) is 0.899.